The fourth-order valence-electron chi connectivity index (χ4n) is 5.70. The lowest BCUT2D eigenvalue weighted by molar-refractivity contribution is -0.146. The number of hydrogen-bond donors (Lipinski definition) is 4. The lowest BCUT2D eigenvalue weighted by atomic mass is 9.85. The third-order valence-electron chi connectivity index (χ3n) is 8.22. The molecule has 0 spiro atoms. The van der Waals surface area contributed by atoms with Crippen molar-refractivity contribution in [3.05, 3.63) is 48.7 Å². The Morgan fingerprint density at radius 2 is 1.77 bits per heavy atom. The molecule has 5 unspecified atom stereocenters. The van der Waals surface area contributed by atoms with E-state index in [1.165, 1.54) is 15.8 Å². The van der Waals surface area contributed by atoms with Crippen molar-refractivity contribution < 1.29 is 33.8 Å². The Kier molecular flexibility index (Phi) is 9.83. The molecule has 4 rings (SSSR count). The van der Waals surface area contributed by atoms with Gasteiger partial charge in [0.05, 0.1) is 6.04 Å². The molecule has 5 atom stereocenters. The number of nitrogens with one attached hydrogen (secondary N) is 3. The Hall–Kier alpha value is -4.75. The summed E-state index contributed by atoms with van der Waals surface area (Å²) in [6, 6.07) is 6.12. The van der Waals surface area contributed by atoms with Crippen molar-refractivity contribution in [3.8, 4) is 11.3 Å². The number of nitrogens with zero attached hydrogens (tertiary/aromatic N) is 4. The summed E-state index contributed by atoms with van der Waals surface area (Å²) < 4.78 is 5.43. The molecule has 2 fully saturated rings. The highest BCUT2D eigenvalue weighted by molar-refractivity contribution is 5.98. The van der Waals surface area contributed by atoms with E-state index in [4.69, 9.17) is 4.74 Å². The van der Waals surface area contributed by atoms with E-state index in [0.29, 0.717) is 17.8 Å². The molecule has 1 aromatic heterocycles. The minimum Gasteiger partial charge on any atom is -0.479 e. The molecule has 2 heterocycles. The molecule has 1 saturated carbocycles. The molecule has 1 aliphatic carbocycles. The molecule has 2 aromatic rings. The predicted molar refractivity (Wildman–Crippen MR) is 172 cm³/mol. The standard InChI is InChI=1S/C33H45N7O7/c1-9-20-17-33(20,29(44)45)36-26(41)22-16-21(18-39(22)28(43)25(31(3,4)5)35-30(46)47-32(6,7)8)40-37-23(19-14-12-11-13-15-19)24(38-40)27(42)34-10-2/h9,11-15,20-22,25H,1,10,16-18H2,2-8H3,(H,34,42)(H,35,46)(H,36,41)(H,44,45). The van der Waals surface area contributed by atoms with Crippen LogP contribution >= 0.6 is 0 Å². The average Bonchev–Trinajstić information content (AvgIpc) is 3.30. The zero-order chi connectivity index (χ0) is 34.9. The van der Waals surface area contributed by atoms with Crippen molar-refractivity contribution in [3.63, 3.8) is 0 Å². The second-order valence-corrected chi connectivity index (χ2v) is 14.1. The number of aromatic nitrogens is 3. The Bertz CT molecular complexity index is 1540. The summed E-state index contributed by atoms with van der Waals surface area (Å²) in [5.74, 6) is -3.33. The zero-order valence-corrected chi connectivity index (χ0v) is 28.0. The highest BCUT2D eigenvalue weighted by Gasteiger charge is 2.61. The number of amides is 4. The van der Waals surface area contributed by atoms with Crippen molar-refractivity contribution in [2.45, 2.75) is 90.6 Å². The van der Waals surface area contributed by atoms with Crippen molar-refractivity contribution >= 4 is 29.8 Å². The number of carboxylic acid groups (broad SMARTS) is 1. The number of carbonyl (C=O) groups excluding carboxylic acids is 4. The number of carboxylic acids is 1. The van der Waals surface area contributed by atoms with Crippen LogP contribution in [0.25, 0.3) is 11.3 Å². The molecule has 0 radical (unpaired) electrons. The number of likely N-dealkylation sites (tertiary alicyclic amines) is 1. The van der Waals surface area contributed by atoms with Gasteiger partial charge in [-0.1, -0.05) is 57.2 Å². The number of hydrogen-bond acceptors (Lipinski definition) is 8. The average molecular weight is 652 g/mol. The molecule has 4 amide bonds. The summed E-state index contributed by atoms with van der Waals surface area (Å²) >= 11 is 0. The van der Waals surface area contributed by atoms with E-state index >= 15 is 0 Å². The topological polar surface area (TPSA) is 185 Å². The van der Waals surface area contributed by atoms with E-state index in [1.807, 2.05) is 18.2 Å². The van der Waals surface area contributed by atoms with Crippen LogP contribution in [0.2, 0.25) is 0 Å². The predicted octanol–water partition coefficient (Wildman–Crippen LogP) is 2.92. The summed E-state index contributed by atoms with van der Waals surface area (Å²) in [7, 11) is 0. The molecule has 254 valence electrons. The van der Waals surface area contributed by atoms with Gasteiger partial charge in [0.15, 0.2) is 5.69 Å². The van der Waals surface area contributed by atoms with Gasteiger partial charge in [-0.25, -0.2) is 9.59 Å². The molecule has 0 bridgehead atoms. The van der Waals surface area contributed by atoms with E-state index < -0.39 is 70.4 Å². The van der Waals surface area contributed by atoms with E-state index in [9.17, 15) is 29.1 Å². The lowest BCUT2D eigenvalue weighted by Crippen LogP contribution is -2.59. The van der Waals surface area contributed by atoms with Gasteiger partial charge in [0.2, 0.25) is 11.8 Å². The van der Waals surface area contributed by atoms with Gasteiger partial charge in [-0.3, -0.25) is 14.4 Å². The second-order valence-electron chi connectivity index (χ2n) is 14.1. The van der Waals surface area contributed by atoms with Crippen molar-refractivity contribution in [1.29, 1.82) is 0 Å². The van der Waals surface area contributed by atoms with Gasteiger partial charge < -0.3 is 30.7 Å². The van der Waals surface area contributed by atoms with Crippen molar-refractivity contribution in [2.75, 3.05) is 13.1 Å². The summed E-state index contributed by atoms with van der Waals surface area (Å²) in [4.78, 5) is 69.0. The molecule has 1 aliphatic heterocycles. The Morgan fingerprint density at radius 1 is 1.11 bits per heavy atom. The number of aliphatic carboxylic acids is 1. The van der Waals surface area contributed by atoms with Gasteiger partial charge in [-0.15, -0.1) is 11.7 Å². The lowest BCUT2D eigenvalue weighted by Gasteiger charge is -2.36. The molecule has 2 aliphatic rings. The third kappa shape index (κ3) is 7.63. The van der Waals surface area contributed by atoms with Gasteiger partial charge in [0.1, 0.15) is 28.9 Å². The summed E-state index contributed by atoms with van der Waals surface area (Å²) in [5.41, 5.74) is -2.09. The van der Waals surface area contributed by atoms with Crippen molar-refractivity contribution in [1.82, 2.24) is 35.8 Å². The number of alkyl carbamates (subject to hydrolysis) is 1. The van der Waals surface area contributed by atoms with Crippen LogP contribution in [0.15, 0.2) is 43.0 Å². The molecule has 14 heteroatoms. The minimum absolute atomic E-state index is 0.0209. The number of carbonyl (C=O) groups is 5. The molecule has 14 nitrogen and oxygen atoms in total. The maximum atomic E-state index is 14.3. The second kappa shape index (κ2) is 13.2. The molecular weight excluding hydrogens is 606 g/mol. The van der Waals surface area contributed by atoms with Crippen LogP contribution in [0.4, 0.5) is 4.79 Å². The molecule has 1 saturated heterocycles. The summed E-state index contributed by atoms with van der Waals surface area (Å²) in [6.45, 7) is 16.2. The fourth-order valence-corrected chi connectivity index (χ4v) is 5.70. The maximum Gasteiger partial charge on any atom is 0.408 e. The molecule has 4 N–H and O–H groups in total. The Balaban J connectivity index is 1.73. The zero-order valence-electron chi connectivity index (χ0n) is 28.0. The van der Waals surface area contributed by atoms with Crippen LogP contribution < -0.4 is 16.0 Å². The van der Waals surface area contributed by atoms with Crippen LogP contribution in [0.5, 0.6) is 0 Å². The Morgan fingerprint density at radius 3 is 2.30 bits per heavy atom. The van der Waals surface area contributed by atoms with E-state index in [0.717, 1.165) is 0 Å². The van der Waals surface area contributed by atoms with Gasteiger partial charge in [-0.05, 0) is 39.5 Å². The quantitative estimate of drug-likeness (QED) is 0.281. The molecular formula is C33H45N7O7. The van der Waals surface area contributed by atoms with E-state index in [1.54, 1.807) is 60.6 Å². The first-order valence-corrected chi connectivity index (χ1v) is 15.7. The molecule has 47 heavy (non-hydrogen) atoms. The SMILES string of the molecule is C=CC1CC1(NC(=O)C1CC(n2nc(C(=O)NCC)c(-c3ccccc3)n2)CN1C(=O)C(NC(=O)OC(C)(C)C)C(C)(C)C)C(=O)O. The highest BCUT2D eigenvalue weighted by atomic mass is 16.6. The summed E-state index contributed by atoms with van der Waals surface area (Å²) in [5, 5.41) is 27.2. The van der Waals surface area contributed by atoms with Gasteiger partial charge in [0.25, 0.3) is 5.91 Å². The highest BCUT2D eigenvalue weighted by Crippen LogP contribution is 2.45. The largest absolute Gasteiger partial charge is 0.479 e. The first-order valence-electron chi connectivity index (χ1n) is 15.7. The number of rotatable bonds is 10. The summed E-state index contributed by atoms with van der Waals surface area (Å²) in [6.07, 6.45) is 0.875. The van der Waals surface area contributed by atoms with Crippen LogP contribution in [0, 0.1) is 11.3 Å². The maximum absolute atomic E-state index is 14.3. The third-order valence-corrected chi connectivity index (χ3v) is 8.22. The van der Waals surface area contributed by atoms with Gasteiger partial charge >= 0.3 is 12.1 Å². The van der Waals surface area contributed by atoms with Crippen LogP contribution in [-0.2, 0) is 19.1 Å². The fraction of sp³-hybridized carbons (Fsp3) is 0.545. The Labute approximate surface area is 274 Å². The van der Waals surface area contributed by atoms with E-state index in [-0.39, 0.29) is 25.1 Å². The monoisotopic (exact) mass is 651 g/mol. The first-order chi connectivity index (χ1) is 21.9. The van der Waals surface area contributed by atoms with Crippen LogP contribution in [-0.4, -0.2) is 91.1 Å². The number of ether oxygens (including phenoxy) is 1. The van der Waals surface area contributed by atoms with Crippen molar-refractivity contribution in [2.24, 2.45) is 11.3 Å². The van der Waals surface area contributed by atoms with Crippen LogP contribution in [0.1, 0.15) is 77.8 Å². The van der Waals surface area contributed by atoms with Gasteiger partial charge in [0, 0.05) is 31.0 Å². The van der Waals surface area contributed by atoms with Crippen LogP contribution in [0.3, 0.4) is 0 Å². The minimum atomic E-state index is -1.53. The first kappa shape index (κ1) is 35.1. The van der Waals surface area contributed by atoms with E-state index in [2.05, 4.69) is 32.7 Å². The normalized spacial score (nSPS) is 23.0. The smallest absolute Gasteiger partial charge is 0.408 e. The van der Waals surface area contributed by atoms with Gasteiger partial charge in [-0.2, -0.15) is 9.90 Å². The number of benzene rings is 1. The molecule has 1 aromatic carbocycles.